The third kappa shape index (κ3) is 7.06. The van der Waals surface area contributed by atoms with Gasteiger partial charge in [-0.05, 0) is 22.9 Å². The quantitative estimate of drug-likeness (QED) is 0.233. The third-order valence-corrected chi connectivity index (χ3v) is 7.38. The number of hydrogen-bond donors (Lipinski definition) is 5. The lowest BCUT2D eigenvalue weighted by molar-refractivity contribution is -0.192. The van der Waals surface area contributed by atoms with Gasteiger partial charge in [0.2, 0.25) is 15.8 Å². The maximum absolute atomic E-state index is 12.7. The summed E-state index contributed by atoms with van der Waals surface area (Å²) in [6.45, 7) is -0.226. The first kappa shape index (κ1) is 30.2. The van der Waals surface area contributed by atoms with Gasteiger partial charge in [0, 0.05) is 25.4 Å². The normalized spacial score (nSPS) is 11.8. The molecule has 1 amide bonds. The Hall–Kier alpha value is -4.01. The highest BCUT2D eigenvalue weighted by Crippen LogP contribution is 2.38. The number of alkyl halides is 3. The van der Waals surface area contributed by atoms with Gasteiger partial charge in [-0.1, -0.05) is 12.1 Å². The predicted molar refractivity (Wildman–Crippen MR) is 122 cm³/mol. The number of sulfone groups is 1. The zero-order valence-electron chi connectivity index (χ0n) is 19.1. The van der Waals surface area contributed by atoms with E-state index in [0.29, 0.717) is 5.56 Å². The van der Waals surface area contributed by atoms with Gasteiger partial charge in [-0.3, -0.25) is 9.78 Å². The van der Waals surface area contributed by atoms with Gasteiger partial charge < -0.3 is 16.2 Å². The standard InChI is InChI=1S/C16H18N8O5S2.C2HF3O2/c1-19-16(25)11-4-2-9(8-20-11)10-3-5-12(30(26,27)7-6-17)14(31(18,28)29)13(10)15-21-23-24-22-15;3-2(4,5)1(6)7/h2-5,8H,6-7,17H2,1H3,(H,19,25)(H2,18,28,29)(H,21,22,23,24);(H,6,7). The first-order chi connectivity index (χ1) is 17.5. The molecule has 2 heterocycles. The largest absolute Gasteiger partial charge is 0.490 e. The fourth-order valence-corrected chi connectivity index (χ4v) is 5.66. The van der Waals surface area contributed by atoms with Gasteiger partial charge in [-0.15, -0.1) is 10.2 Å². The van der Waals surface area contributed by atoms with Gasteiger partial charge in [0.1, 0.15) is 10.6 Å². The number of pyridine rings is 1. The van der Waals surface area contributed by atoms with E-state index in [-0.39, 0.29) is 29.2 Å². The highest BCUT2D eigenvalue weighted by molar-refractivity contribution is 7.93. The topological polar surface area (TPSA) is 254 Å². The number of amides is 1. The van der Waals surface area contributed by atoms with Gasteiger partial charge in [0.15, 0.2) is 9.84 Å². The zero-order chi connectivity index (χ0) is 28.9. The predicted octanol–water partition coefficient (Wildman–Crippen LogP) is -0.699. The summed E-state index contributed by atoms with van der Waals surface area (Å²) >= 11 is 0. The van der Waals surface area contributed by atoms with Crippen molar-refractivity contribution < 1.29 is 44.7 Å². The Balaban J connectivity index is 0.000000638. The van der Waals surface area contributed by atoms with Crippen molar-refractivity contribution in [2.45, 2.75) is 16.0 Å². The van der Waals surface area contributed by atoms with Crippen molar-refractivity contribution >= 4 is 31.7 Å². The zero-order valence-corrected chi connectivity index (χ0v) is 20.7. The van der Waals surface area contributed by atoms with Crippen molar-refractivity contribution in [3.63, 3.8) is 0 Å². The third-order valence-electron chi connectivity index (χ3n) is 4.47. The van der Waals surface area contributed by atoms with Gasteiger partial charge >= 0.3 is 12.1 Å². The molecule has 0 unspecified atom stereocenters. The van der Waals surface area contributed by atoms with Gasteiger partial charge in [-0.25, -0.2) is 26.8 Å². The summed E-state index contributed by atoms with van der Waals surface area (Å²) in [6, 6.07) is 5.43. The van der Waals surface area contributed by atoms with Crippen LogP contribution in [0.4, 0.5) is 13.2 Å². The minimum Gasteiger partial charge on any atom is -0.475 e. The first-order valence-corrected chi connectivity index (χ1v) is 13.1. The molecule has 3 aromatic rings. The molecule has 3 rings (SSSR count). The highest BCUT2D eigenvalue weighted by atomic mass is 32.2. The average Bonchev–Trinajstić information content (AvgIpc) is 3.36. The molecule has 206 valence electrons. The molecule has 7 N–H and O–H groups in total. The molecular weight excluding hydrogens is 561 g/mol. The summed E-state index contributed by atoms with van der Waals surface area (Å²) in [7, 11) is -7.22. The number of primary sulfonamides is 1. The lowest BCUT2D eigenvalue weighted by atomic mass is 10.00. The lowest BCUT2D eigenvalue weighted by Crippen LogP contribution is -2.22. The van der Waals surface area contributed by atoms with Gasteiger partial charge in [0.05, 0.1) is 16.2 Å². The molecular formula is C18H19F3N8O7S2. The Morgan fingerprint density at radius 3 is 2.18 bits per heavy atom. The molecule has 1 aromatic carbocycles. The molecule has 0 aliphatic heterocycles. The van der Waals surface area contributed by atoms with E-state index in [2.05, 4.69) is 30.9 Å². The number of tetrazole rings is 1. The molecule has 0 fully saturated rings. The Kier molecular flexibility index (Phi) is 9.21. The monoisotopic (exact) mass is 580 g/mol. The minimum absolute atomic E-state index is 0.126. The van der Waals surface area contributed by atoms with E-state index >= 15 is 0 Å². The van der Waals surface area contributed by atoms with Gasteiger partial charge in [-0.2, -0.15) is 18.4 Å². The molecule has 0 bridgehead atoms. The van der Waals surface area contributed by atoms with E-state index in [1.807, 2.05) is 0 Å². The number of nitrogens with two attached hydrogens (primary N) is 2. The van der Waals surface area contributed by atoms with E-state index in [1.54, 1.807) is 0 Å². The van der Waals surface area contributed by atoms with E-state index in [0.717, 1.165) is 6.07 Å². The van der Waals surface area contributed by atoms with E-state index in [1.165, 1.54) is 31.4 Å². The number of nitrogens with zero attached hydrogens (tertiary/aromatic N) is 4. The second kappa shape index (κ2) is 11.6. The van der Waals surface area contributed by atoms with Crippen molar-refractivity contribution in [3.05, 3.63) is 36.2 Å². The van der Waals surface area contributed by atoms with Crippen LogP contribution in [0.1, 0.15) is 10.5 Å². The number of nitrogens with one attached hydrogen (secondary N) is 2. The van der Waals surface area contributed by atoms with E-state index < -0.39 is 53.5 Å². The van der Waals surface area contributed by atoms with Crippen LogP contribution in [-0.2, 0) is 24.7 Å². The number of carbonyl (C=O) groups is 2. The number of aliphatic carboxylic acids is 1. The van der Waals surface area contributed by atoms with E-state index in [9.17, 15) is 34.8 Å². The summed E-state index contributed by atoms with van der Waals surface area (Å²) in [5.41, 5.74) is 5.90. The molecule has 2 aromatic heterocycles. The number of carbonyl (C=O) groups excluding carboxylic acids is 1. The second-order valence-corrected chi connectivity index (χ2v) is 10.6. The van der Waals surface area contributed by atoms with Crippen LogP contribution < -0.4 is 16.2 Å². The molecule has 20 heteroatoms. The molecule has 0 radical (unpaired) electrons. The number of halogens is 3. The Morgan fingerprint density at radius 2 is 1.76 bits per heavy atom. The fourth-order valence-electron chi connectivity index (χ4n) is 2.90. The summed E-state index contributed by atoms with van der Waals surface area (Å²) < 4.78 is 82.2. The number of carboxylic acid groups (broad SMARTS) is 1. The molecule has 38 heavy (non-hydrogen) atoms. The highest BCUT2D eigenvalue weighted by Gasteiger charge is 2.38. The minimum atomic E-state index is -5.08. The average molecular weight is 581 g/mol. The fraction of sp³-hybridized carbons (Fsp3) is 0.222. The maximum atomic E-state index is 12.7. The Morgan fingerprint density at radius 1 is 1.13 bits per heavy atom. The van der Waals surface area contributed by atoms with Crippen molar-refractivity contribution in [2.75, 3.05) is 19.3 Å². The summed E-state index contributed by atoms with van der Waals surface area (Å²) in [5.74, 6) is -3.87. The van der Waals surface area contributed by atoms with Crippen LogP contribution in [-0.4, -0.2) is 84.9 Å². The summed E-state index contributed by atoms with van der Waals surface area (Å²) in [6.07, 6.45) is -3.76. The van der Waals surface area contributed by atoms with E-state index in [4.69, 9.17) is 20.8 Å². The lowest BCUT2D eigenvalue weighted by Gasteiger charge is -2.16. The molecule has 0 aliphatic carbocycles. The van der Waals surface area contributed by atoms with Crippen LogP contribution in [0.5, 0.6) is 0 Å². The molecule has 0 aliphatic rings. The van der Waals surface area contributed by atoms with Crippen LogP contribution in [0.2, 0.25) is 0 Å². The van der Waals surface area contributed by atoms with Crippen LogP contribution in [0.15, 0.2) is 40.3 Å². The molecule has 0 saturated carbocycles. The molecule has 0 atom stereocenters. The molecule has 15 nitrogen and oxygen atoms in total. The maximum Gasteiger partial charge on any atom is 0.490 e. The SMILES string of the molecule is CNC(=O)c1ccc(-c2ccc(S(=O)(=O)CCN)c(S(N)(=O)=O)c2-c2nn[nH]n2)cn1.O=C(O)C(F)(F)F. The summed E-state index contributed by atoms with van der Waals surface area (Å²) in [4.78, 5) is 23.5. The Labute approximate surface area is 212 Å². The smallest absolute Gasteiger partial charge is 0.475 e. The van der Waals surface area contributed by atoms with Crippen molar-refractivity contribution in [1.82, 2.24) is 30.9 Å². The number of carboxylic acids is 1. The second-order valence-electron chi connectivity index (χ2n) is 7.02. The molecule has 0 saturated heterocycles. The number of sulfonamides is 1. The first-order valence-electron chi connectivity index (χ1n) is 9.89. The van der Waals surface area contributed by atoms with Gasteiger partial charge in [0.25, 0.3) is 5.91 Å². The molecule has 0 spiro atoms. The van der Waals surface area contributed by atoms with Crippen LogP contribution >= 0.6 is 0 Å². The number of rotatable bonds is 7. The number of benzene rings is 1. The van der Waals surface area contributed by atoms with Crippen molar-refractivity contribution in [1.29, 1.82) is 0 Å². The number of hydrogen-bond acceptors (Lipinski definition) is 11. The summed E-state index contributed by atoms with van der Waals surface area (Å²) in [5, 5.41) is 28.2. The number of aromatic nitrogens is 5. The Bertz CT molecular complexity index is 1530. The van der Waals surface area contributed by atoms with Crippen LogP contribution in [0.3, 0.4) is 0 Å². The van der Waals surface area contributed by atoms with Crippen molar-refractivity contribution in [2.24, 2.45) is 10.9 Å². The van der Waals surface area contributed by atoms with Crippen LogP contribution in [0.25, 0.3) is 22.5 Å². The van der Waals surface area contributed by atoms with Crippen molar-refractivity contribution in [3.8, 4) is 22.5 Å². The number of aromatic amines is 1. The number of H-pyrrole nitrogens is 1. The van der Waals surface area contributed by atoms with Crippen LogP contribution in [0, 0.1) is 0 Å².